The standard InChI is InChI=1S/2C8H11.2ClH.Ti/c2*1-3-8-5-4-7(2)6-8;;;/h2*6H,3,5H2,1-2H3;2*1H;/q2*-1;;;+2. The van der Waals surface area contributed by atoms with Crippen LogP contribution in [0.3, 0.4) is 0 Å². The van der Waals surface area contributed by atoms with Crippen molar-refractivity contribution in [2.75, 3.05) is 0 Å². The van der Waals surface area contributed by atoms with Gasteiger partial charge in [-0.2, -0.15) is 11.1 Å². The average Bonchev–Trinajstić information content (AvgIpc) is 2.88. The van der Waals surface area contributed by atoms with Gasteiger partial charge in [-0.05, 0) is 0 Å². The third-order valence-corrected chi connectivity index (χ3v) is 2.94. The van der Waals surface area contributed by atoms with Crippen LogP contribution < -0.4 is 0 Å². The molecule has 0 saturated heterocycles. The molecule has 0 amide bonds. The van der Waals surface area contributed by atoms with Crippen LogP contribution in [0.15, 0.2) is 34.4 Å². The molecule has 0 spiro atoms. The predicted octanol–water partition coefficient (Wildman–Crippen LogP) is 5.79. The summed E-state index contributed by atoms with van der Waals surface area (Å²) in [5, 5.41) is 0. The number of allylic oxidation sites excluding steroid dienone is 8. The molecule has 2 aliphatic carbocycles. The second-order valence-corrected chi connectivity index (χ2v) is 4.39. The van der Waals surface area contributed by atoms with E-state index in [1.807, 2.05) is 0 Å². The summed E-state index contributed by atoms with van der Waals surface area (Å²) in [6.07, 6.45) is 15.4. The van der Waals surface area contributed by atoms with E-state index in [2.05, 4.69) is 52.0 Å². The maximum absolute atomic E-state index is 3.24. The van der Waals surface area contributed by atoms with E-state index in [0.29, 0.717) is 0 Å². The molecular weight excluding hydrogens is 311 g/mol. The van der Waals surface area contributed by atoms with Crippen LogP contribution in [0.5, 0.6) is 0 Å². The van der Waals surface area contributed by atoms with E-state index in [1.165, 1.54) is 35.1 Å². The minimum Gasteiger partial charge on any atom is -0.269 e. The third kappa shape index (κ3) is 9.74. The molecule has 0 aromatic heterocycles. The van der Waals surface area contributed by atoms with Gasteiger partial charge in [0, 0.05) is 0 Å². The van der Waals surface area contributed by atoms with Gasteiger partial charge in [0.25, 0.3) is 0 Å². The van der Waals surface area contributed by atoms with Crippen molar-refractivity contribution < 1.29 is 21.7 Å². The molecule has 0 unspecified atom stereocenters. The fourth-order valence-electron chi connectivity index (χ4n) is 1.78. The Morgan fingerprint density at radius 2 is 1.16 bits per heavy atom. The Labute approximate surface area is 146 Å². The van der Waals surface area contributed by atoms with Gasteiger partial charge in [-0.3, -0.25) is 12.2 Å². The van der Waals surface area contributed by atoms with Crippen LogP contribution in [0.4, 0.5) is 0 Å². The van der Waals surface area contributed by atoms with Gasteiger partial charge in [-0.1, -0.05) is 40.5 Å². The van der Waals surface area contributed by atoms with Crippen LogP contribution in [0, 0.1) is 12.2 Å². The van der Waals surface area contributed by atoms with E-state index < -0.39 is 0 Å². The van der Waals surface area contributed by atoms with Gasteiger partial charge in [0.2, 0.25) is 0 Å². The van der Waals surface area contributed by atoms with Crippen molar-refractivity contribution in [3.63, 3.8) is 0 Å². The first-order valence-electron chi connectivity index (χ1n) is 6.19. The molecular formula is C16H24Cl2Ti. The minimum atomic E-state index is 0. The van der Waals surface area contributed by atoms with E-state index >= 15 is 0 Å². The van der Waals surface area contributed by atoms with Crippen LogP contribution >= 0.6 is 24.8 Å². The molecule has 0 aliphatic heterocycles. The summed E-state index contributed by atoms with van der Waals surface area (Å²) >= 11 is 0. The number of rotatable bonds is 2. The maximum Gasteiger partial charge on any atom is 2.00 e. The zero-order valence-electron chi connectivity index (χ0n) is 12.3. The van der Waals surface area contributed by atoms with Crippen LogP contribution in [0.25, 0.3) is 0 Å². The largest absolute Gasteiger partial charge is 2.00 e. The number of hydrogen-bond donors (Lipinski definition) is 0. The van der Waals surface area contributed by atoms with Crippen LogP contribution in [-0.2, 0) is 21.7 Å². The summed E-state index contributed by atoms with van der Waals surface area (Å²) < 4.78 is 0. The quantitative estimate of drug-likeness (QED) is 0.442. The van der Waals surface area contributed by atoms with Crippen molar-refractivity contribution in [1.82, 2.24) is 0 Å². The predicted molar refractivity (Wildman–Crippen MR) is 85.3 cm³/mol. The average molecular weight is 335 g/mol. The first-order chi connectivity index (χ1) is 7.65. The topological polar surface area (TPSA) is 0 Å². The fourth-order valence-corrected chi connectivity index (χ4v) is 1.78. The van der Waals surface area contributed by atoms with Gasteiger partial charge in [0.05, 0.1) is 0 Å². The summed E-state index contributed by atoms with van der Waals surface area (Å²) in [6.45, 7) is 8.57. The second kappa shape index (κ2) is 13.2. The Morgan fingerprint density at radius 1 is 0.842 bits per heavy atom. The summed E-state index contributed by atoms with van der Waals surface area (Å²) in [5.41, 5.74) is 5.65. The Bertz CT molecular complexity index is 327. The van der Waals surface area contributed by atoms with E-state index in [-0.39, 0.29) is 46.5 Å². The van der Waals surface area contributed by atoms with E-state index in [1.54, 1.807) is 0 Å². The van der Waals surface area contributed by atoms with Crippen molar-refractivity contribution >= 4 is 24.8 Å². The summed E-state index contributed by atoms with van der Waals surface area (Å²) in [4.78, 5) is 0. The van der Waals surface area contributed by atoms with E-state index in [4.69, 9.17) is 0 Å². The van der Waals surface area contributed by atoms with Crippen molar-refractivity contribution in [2.24, 2.45) is 0 Å². The molecule has 0 aromatic carbocycles. The SMILES string of the molecule is CCC1=CC(C)=[C-]C1.CCC1=CC(C)=[C-]C1.Cl.Cl.[Ti+2]. The first-order valence-corrected chi connectivity index (χ1v) is 6.19. The van der Waals surface area contributed by atoms with Crippen molar-refractivity contribution in [1.29, 1.82) is 0 Å². The minimum absolute atomic E-state index is 0. The van der Waals surface area contributed by atoms with Crippen molar-refractivity contribution in [3.8, 4) is 0 Å². The van der Waals surface area contributed by atoms with Gasteiger partial charge in [0.1, 0.15) is 0 Å². The monoisotopic (exact) mass is 334 g/mol. The van der Waals surface area contributed by atoms with Crippen molar-refractivity contribution in [2.45, 2.75) is 53.4 Å². The Hall–Kier alpha value is 0.254. The van der Waals surface area contributed by atoms with Crippen LogP contribution in [-0.4, -0.2) is 0 Å². The molecule has 0 fully saturated rings. The Balaban J connectivity index is -0.000000233. The van der Waals surface area contributed by atoms with Gasteiger partial charge < -0.3 is 0 Å². The van der Waals surface area contributed by atoms with Gasteiger partial charge in [0.15, 0.2) is 0 Å². The summed E-state index contributed by atoms with van der Waals surface area (Å²) in [7, 11) is 0. The smallest absolute Gasteiger partial charge is 0.269 e. The molecule has 106 valence electrons. The van der Waals surface area contributed by atoms with Gasteiger partial charge >= 0.3 is 21.7 Å². The molecule has 0 atom stereocenters. The van der Waals surface area contributed by atoms with Crippen LogP contribution in [0.1, 0.15) is 53.4 Å². The normalized spacial score (nSPS) is 15.4. The van der Waals surface area contributed by atoms with E-state index in [9.17, 15) is 0 Å². The molecule has 0 N–H and O–H groups in total. The molecule has 0 saturated carbocycles. The Kier molecular flexibility index (Phi) is 16.9. The second-order valence-electron chi connectivity index (χ2n) is 4.39. The molecule has 2 aliphatic rings. The molecule has 0 heterocycles. The molecule has 19 heavy (non-hydrogen) atoms. The molecule has 0 nitrogen and oxygen atoms in total. The van der Waals surface area contributed by atoms with Gasteiger partial charge in [-0.25, -0.2) is 23.3 Å². The fraction of sp³-hybridized carbons (Fsp3) is 0.500. The first kappa shape index (κ1) is 24.3. The Morgan fingerprint density at radius 3 is 1.26 bits per heavy atom. The maximum atomic E-state index is 3.24. The molecule has 0 aromatic rings. The molecule has 2 rings (SSSR count). The zero-order chi connectivity index (χ0) is 12.0. The third-order valence-electron chi connectivity index (χ3n) is 2.94. The molecule has 0 bridgehead atoms. The molecule has 0 radical (unpaired) electrons. The summed E-state index contributed by atoms with van der Waals surface area (Å²) in [6, 6.07) is 0. The zero-order valence-corrected chi connectivity index (χ0v) is 15.5. The van der Waals surface area contributed by atoms with E-state index in [0.717, 1.165) is 12.8 Å². The number of hydrogen-bond acceptors (Lipinski definition) is 0. The van der Waals surface area contributed by atoms with Gasteiger partial charge in [-0.15, -0.1) is 37.7 Å². The molecule has 3 heteroatoms. The number of halogens is 2. The van der Waals surface area contributed by atoms with Crippen molar-refractivity contribution in [3.05, 3.63) is 46.6 Å². The summed E-state index contributed by atoms with van der Waals surface area (Å²) in [5.74, 6) is 0. The van der Waals surface area contributed by atoms with Crippen LogP contribution in [0.2, 0.25) is 0 Å².